The average molecular weight is 535 g/mol. The Morgan fingerprint density at radius 1 is 1.05 bits per heavy atom. The molecular weight excluding hydrogens is 499 g/mol. The molecule has 200 valence electrons. The fraction of sp³-hybridized carbons (Fsp3) is 0.393. The van der Waals surface area contributed by atoms with Gasteiger partial charge in [0.05, 0.1) is 17.5 Å². The van der Waals surface area contributed by atoms with E-state index in [4.69, 9.17) is 20.0 Å². The summed E-state index contributed by atoms with van der Waals surface area (Å²) in [6.45, 7) is 12.7. The summed E-state index contributed by atoms with van der Waals surface area (Å²) >= 11 is 0. The zero-order valence-corrected chi connectivity index (χ0v) is 23.5. The molecule has 4 aromatic rings. The van der Waals surface area contributed by atoms with Gasteiger partial charge in [0.25, 0.3) is 0 Å². The normalized spacial score (nSPS) is 18.6. The Morgan fingerprint density at radius 2 is 1.82 bits per heavy atom. The van der Waals surface area contributed by atoms with Crippen LogP contribution in [-0.2, 0) is 4.43 Å². The first-order valence-corrected chi connectivity index (χ1v) is 15.8. The standard InChI is InChI=1S/C28H35FN6O2Si/c1-28(2,3)38(4,5)37-21-13-18(15-31-16-21)35-27-24(26(30)32-17-33-27)25(34-35)22-12-11-20(14-23(22)29)36-19-9-7-6-8-10-19/h6-12,14,17-18,21,31H,13,15-16H2,1-5H3,(H2,30,32,33)/t18-,21-/m1/s1. The van der Waals surface area contributed by atoms with Gasteiger partial charge in [-0.05, 0) is 48.8 Å². The fourth-order valence-corrected chi connectivity index (χ4v) is 5.93. The Bertz CT molecular complexity index is 1440. The molecule has 3 N–H and O–H groups in total. The van der Waals surface area contributed by atoms with Crippen molar-refractivity contribution >= 4 is 25.2 Å². The van der Waals surface area contributed by atoms with Crippen molar-refractivity contribution in [2.45, 2.75) is 57.5 Å². The number of hydrogen-bond acceptors (Lipinski definition) is 7. The third-order valence-electron chi connectivity index (χ3n) is 7.59. The van der Waals surface area contributed by atoms with Gasteiger partial charge in [-0.1, -0.05) is 39.0 Å². The summed E-state index contributed by atoms with van der Waals surface area (Å²) in [6.07, 6.45) is 2.24. The number of fused-ring (bicyclic) bond motifs is 1. The number of aromatic nitrogens is 4. The lowest BCUT2D eigenvalue weighted by Crippen LogP contribution is -2.50. The Hall–Kier alpha value is -3.34. The molecule has 1 aliphatic heterocycles. The van der Waals surface area contributed by atoms with Gasteiger partial charge in [0, 0.05) is 24.7 Å². The third-order valence-corrected chi connectivity index (χ3v) is 12.1. The predicted octanol–water partition coefficient (Wildman–Crippen LogP) is 5.93. The summed E-state index contributed by atoms with van der Waals surface area (Å²) in [4.78, 5) is 8.68. The lowest BCUT2D eigenvalue weighted by molar-refractivity contribution is 0.122. The summed E-state index contributed by atoms with van der Waals surface area (Å²) in [7, 11) is -1.95. The summed E-state index contributed by atoms with van der Waals surface area (Å²) < 4.78 is 29.8. The number of benzene rings is 2. The molecule has 8 nitrogen and oxygen atoms in total. The van der Waals surface area contributed by atoms with Crippen molar-refractivity contribution in [1.82, 2.24) is 25.1 Å². The van der Waals surface area contributed by atoms with Crippen LogP contribution >= 0.6 is 0 Å². The molecule has 2 aromatic carbocycles. The van der Waals surface area contributed by atoms with Crippen LogP contribution in [-0.4, -0.2) is 47.3 Å². The van der Waals surface area contributed by atoms with Crippen LogP contribution in [0.4, 0.5) is 10.2 Å². The number of nitrogens with two attached hydrogens (primary N) is 1. The van der Waals surface area contributed by atoms with E-state index in [1.165, 1.54) is 12.4 Å². The van der Waals surface area contributed by atoms with Crippen LogP contribution in [0.1, 0.15) is 33.2 Å². The van der Waals surface area contributed by atoms with Crippen LogP contribution in [0.3, 0.4) is 0 Å². The van der Waals surface area contributed by atoms with Gasteiger partial charge in [-0.3, -0.25) is 0 Å². The number of anilines is 1. The lowest BCUT2D eigenvalue weighted by atomic mass is 10.1. The van der Waals surface area contributed by atoms with Gasteiger partial charge in [-0.25, -0.2) is 19.0 Å². The van der Waals surface area contributed by atoms with Gasteiger partial charge >= 0.3 is 0 Å². The van der Waals surface area contributed by atoms with Crippen LogP contribution in [0.15, 0.2) is 54.9 Å². The molecule has 5 rings (SSSR count). The van der Waals surface area contributed by atoms with Crippen LogP contribution < -0.4 is 15.8 Å². The minimum absolute atomic E-state index is 0.0344. The number of piperidine rings is 1. The SMILES string of the molecule is CC(C)(C)[Si](C)(C)O[C@H]1CNC[C@H](n2nc(-c3ccc(Oc4ccccc4)cc3F)c3c(N)ncnc32)C1. The zero-order chi connectivity index (χ0) is 27.1. The second-order valence-corrected chi connectivity index (χ2v) is 16.1. The Morgan fingerprint density at radius 3 is 2.53 bits per heavy atom. The number of hydrogen-bond donors (Lipinski definition) is 2. The Labute approximate surface area is 223 Å². The maximum atomic E-state index is 15.5. The van der Waals surface area contributed by atoms with Crippen LogP contribution in [0.25, 0.3) is 22.3 Å². The van der Waals surface area contributed by atoms with Crippen molar-refractivity contribution < 1.29 is 13.6 Å². The van der Waals surface area contributed by atoms with Gasteiger partial charge in [-0.2, -0.15) is 5.10 Å². The van der Waals surface area contributed by atoms with Crippen LogP contribution in [0.5, 0.6) is 11.5 Å². The number of nitrogen functional groups attached to an aromatic ring is 1. The van der Waals surface area contributed by atoms with E-state index in [1.54, 1.807) is 12.1 Å². The Kier molecular flexibility index (Phi) is 6.97. The molecule has 1 fully saturated rings. The monoisotopic (exact) mass is 534 g/mol. The summed E-state index contributed by atoms with van der Waals surface area (Å²) in [6, 6.07) is 14.0. The first-order chi connectivity index (χ1) is 18.0. The van der Waals surface area contributed by atoms with E-state index in [9.17, 15) is 0 Å². The van der Waals surface area contributed by atoms with Crippen molar-refractivity contribution in [2.24, 2.45) is 0 Å². The molecule has 2 atom stereocenters. The fourth-order valence-electron chi connectivity index (χ4n) is 4.57. The van der Waals surface area contributed by atoms with Crippen molar-refractivity contribution in [3.63, 3.8) is 0 Å². The summed E-state index contributed by atoms with van der Waals surface area (Å²) in [5, 5.41) is 9.02. The van der Waals surface area contributed by atoms with E-state index in [0.29, 0.717) is 40.3 Å². The molecule has 0 spiro atoms. The minimum atomic E-state index is -1.95. The van der Waals surface area contributed by atoms with Gasteiger partial charge in [-0.15, -0.1) is 0 Å². The highest BCUT2D eigenvalue weighted by molar-refractivity contribution is 6.74. The highest BCUT2D eigenvalue weighted by atomic mass is 28.4. The third kappa shape index (κ3) is 5.16. The number of rotatable bonds is 6. The molecule has 0 amide bonds. The molecular formula is C28H35FN6O2Si. The second kappa shape index (κ2) is 10.1. The van der Waals surface area contributed by atoms with Gasteiger partial charge < -0.3 is 20.2 Å². The number of nitrogens with zero attached hydrogens (tertiary/aromatic N) is 4. The molecule has 0 aliphatic carbocycles. The Balaban J connectivity index is 1.48. The molecule has 10 heteroatoms. The smallest absolute Gasteiger partial charge is 0.192 e. The highest BCUT2D eigenvalue weighted by Gasteiger charge is 2.40. The van der Waals surface area contributed by atoms with E-state index in [2.05, 4.69) is 49.1 Å². The molecule has 38 heavy (non-hydrogen) atoms. The first-order valence-electron chi connectivity index (χ1n) is 12.9. The summed E-state index contributed by atoms with van der Waals surface area (Å²) in [5.41, 5.74) is 7.60. The van der Waals surface area contributed by atoms with Gasteiger partial charge in [0.1, 0.15) is 35.2 Å². The largest absolute Gasteiger partial charge is 0.457 e. The molecule has 2 aromatic heterocycles. The van der Waals surface area contributed by atoms with Crippen LogP contribution in [0.2, 0.25) is 18.1 Å². The minimum Gasteiger partial charge on any atom is -0.457 e. The van der Waals surface area contributed by atoms with Gasteiger partial charge in [0.2, 0.25) is 0 Å². The topological polar surface area (TPSA) is 100 Å². The maximum Gasteiger partial charge on any atom is 0.192 e. The molecule has 0 bridgehead atoms. The number of para-hydroxylation sites is 1. The average Bonchev–Trinajstić information content (AvgIpc) is 3.25. The first kappa shape index (κ1) is 26.3. The number of halogens is 1. The molecule has 0 saturated carbocycles. The number of nitrogens with one attached hydrogen (secondary N) is 1. The second-order valence-electron chi connectivity index (χ2n) is 11.4. The van der Waals surface area contributed by atoms with Crippen molar-refractivity contribution in [3.8, 4) is 22.8 Å². The van der Waals surface area contributed by atoms with Gasteiger partial charge in [0.15, 0.2) is 14.0 Å². The molecule has 0 radical (unpaired) electrons. The molecule has 1 saturated heterocycles. The van der Waals surface area contributed by atoms with E-state index in [-0.39, 0.29) is 23.0 Å². The molecule has 1 aliphatic rings. The van der Waals surface area contributed by atoms with Crippen molar-refractivity contribution in [2.75, 3.05) is 18.8 Å². The quantitative estimate of drug-likeness (QED) is 0.296. The van der Waals surface area contributed by atoms with Crippen LogP contribution in [0, 0.1) is 5.82 Å². The van der Waals surface area contributed by atoms with Crippen molar-refractivity contribution in [1.29, 1.82) is 0 Å². The molecule has 0 unspecified atom stereocenters. The van der Waals surface area contributed by atoms with E-state index in [1.807, 2.05) is 35.0 Å². The van der Waals surface area contributed by atoms with Crippen molar-refractivity contribution in [3.05, 3.63) is 60.7 Å². The maximum absolute atomic E-state index is 15.5. The number of ether oxygens (including phenoxy) is 1. The summed E-state index contributed by atoms with van der Waals surface area (Å²) in [5.74, 6) is 0.825. The van der Waals surface area contributed by atoms with E-state index in [0.717, 1.165) is 13.0 Å². The zero-order valence-electron chi connectivity index (χ0n) is 22.5. The van der Waals surface area contributed by atoms with E-state index >= 15 is 4.39 Å². The lowest BCUT2D eigenvalue weighted by Gasteiger charge is -2.41. The van der Waals surface area contributed by atoms with E-state index < -0.39 is 14.1 Å². The highest BCUT2D eigenvalue weighted by Crippen LogP contribution is 2.39. The molecule has 3 heterocycles. The predicted molar refractivity (Wildman–Crippen MR) is 150 cm³/mol.